The van der Waals surface area contributed by atoms with Gasteiger partial charge in [-0.25, -0.2) is 0 Å². The minimum atomic E-state index is -0.404. The fraction of sp³-hybridized carbons (Fsp3) is 0.381. The molecule has 1 aliphatic heterocycles. The SMILES string of the molecule is CN1CCN(C(=O)c2cc3c([nH]c2=O)CCCC3=O)[C@@H](c2ccccc2)C1. The van der Waals surface area contributed by atoms with Crippen molar-refractivity contribution in [2.24, 2.45) is 0 Å². The van der Waals surface area contributed by atoms with Gasteiger partial charge < -0.3 is 14.8 Å². The first kappa shape index (κ1) is 17.7. The van der Waals surface area contributed by atoms with Crippen LogP contribution in [0.2, 0.25) is 0 Å². The molecule has 140 valence electrons. The van der Waals surface area contributed by atoms with Gasteiger partial charge in [0.1, 0.15) is 5.56 Å². The molecule has 1 amide bonds. The lowest BCUT2D eigenvalue weighted by atomic mass is 9.93. The maximum atomic E-state index is 13.3. The summed E-state index contributed by atoms with van der Waals surface area (Å²) >= 11 is 0. The fourth-order valence-corrected chi connectivity index (χ4v) is 4.01. The average molecular weight is 365 g/mol. The molecule has 4 rings (SSSR count). The molecule has 2 aromatic rings. The number of aromatic amines is 1. The molecule has 0 radical (unpaired) electrons. The number of hydrogen-bond acceptors (Lipinski definition) is 4. The predicted octanol–water partition coefficient (Wildman–Crippen LogP) is 2.02. The molecular formula is C21H23N3O3. The molecule has 1 N–H and O–H groups in total. The third kappa shape index (κ3) is 3.32. The number of H-pyrrole nitrogens is 1. The van der Waals surface area contributed by atoms with Crippen molar-refractivity contribution in [2.75, 3.05) is 26.7 Å². The second-order valence-electron chi connectivity index (χ2n) is 7.37. The number of fused-ring (bicyclic) bond motifs is 1. The van der Waals surface area contributed by atoms with Crippen molar-refractivity contribution < 1.29 is 9.59 Å². The van der Waals surface area contributed by atoms with Gasteiger partial charge in [-0.1, -0.05) is 30.3 Å². The normalized spacial score (nSPS) is 20.4. The molecule has 0 saturated carbocycles. The maximum Gasteiger partial charge on any atom is 0.261 e. The molecule has 27 heavy (non-hydrogen) atoms. The van der Waals surface area contributed by atoms with Crippen molar-refractivity contribution in [1.29, 1.82) is 0 Å². The van der Waals surface area contributed by atoms with Crippen LogP contribution in [0.25, 0.3) is 0 Å². The Morgan fingerprint density at radius 3 is 2.67 bits per heavy atom. The molecule has 0 spiro atoms. The summed E-state index contributed by atoms with van der Waals surface area (Å²) in [5, 5.41) is 0. The van der Waals surface area contributed by atoms with E-state index in [0.717, 1.165) is 18.5 Å². The lowest BCUT2D eigenvalue weighted by molar-refractivity contribution is 0.0496. The van der Waals surface area contributed by atoms with Gasteiger partial charge in [-0.2, -0.15) is 0 Å². The highest BCUT2D eigenvalue weighted by atomic mass is 16.2. The summed E-state index contributed by atoms with van der Waals surface area (Å²) in [6.45, 7) is 1.99. The third-order valence-corrected chi connectivity index (χ3v) is 5.51. The quantitative estimate of drug-likeness (QED) is 0.884. The van der Waals surface area contributed by atoms with Gasteiger partial charge in [0.05, 0.1) is 6.04 Å². The second kappa shape index (κ2) is 7.12. The number of pyridine rings is 1. The molecule has 1 fully saturated rings. The average Bonchev–Trinajstić information content (AvgIpc) is 2.68. The summed E-state index contributed by atoms with van der Waals surface area (Å²) < 4.78 is 0. The van der Waals surface area contributed by atoms with Crippen LogP contribution < -0.4 is 5.56 Å². The van der Waals surface area contributed by atoms with E-state index in [-0.39, 0.29) is 23.3 Å². The van der Waals surface area contributed by atoms with Crippen LogP contribution in [-0.2, 0) is 6.42 Å². The van der Waals surface area contributed by atoms with Crippen molar-refractivity contribution in [2.45, 2.75) is 25.3 Å². The van der Waals surface area contributed by atoms with Crippen molar-refractivity contribution in [3.63, 3.8) is 0 Å². The van der Waals surface area contributed by atoms with Crippen molar-refractivity contribution in [3.05, 3.63) is 69.1 Å². The molecule has 0 bridgehead atoms. The Bertz CT molecular complexity index is 935. The first-order valence-electron chi connectivity index (χ1n) is 9.38. The highest BCUT2D eigenvalue weighted by Crippen LogP contribution is 2.27. The van der Waals surface area contributed by atoms with Crippen molar-refractivity contribution in [1.82, 2.24) is 14.8 Å². The van der Waals surface area contributed by atoms with Crippen LogP contribution in [0.4, 0.5) is 0 Å². The molecule has 2 aliphatic rings. The molecule has 2 heterocycles. The topological polar surface area (TPSA) is 73.5 Å². The number of ketones is 1. The Balaban J connectivity index is 1.72. The zero-order chi connectivity index (χ0) is 19.0. The Hall–Kier alpha value is -2.73. The molecule has 6 heteroatoms. The Morgan fingerprint density at radius 2 is 1.89 bits per heavy atom. The van der Waals surface area contributed by atoms with Crippen molar-refractivity contribution in [3.8, 4) is 0 Å². The number of rotatable bonds is 2. The van der Waals surface area contributed by atoms with E-state index in [1.54, 1.807) is 4.90 Å². The number of aromatic nitrogens is 1. The molecule has 6 nitrogen and oxygen atoms in total. The lowest BCUT2D eigenvalue weighted by Crippen LogP contribution is -2.50. The summed E-state index contributed by atoms with van der Waals surface area (Å²) in [5.74, 6) is -0.307. The fourth-order valence-electron chi connectivity index (χ4n) is 4.01. The van der Waals surface area contributed by atoms with Gasteiger partial charge in [0.25, 0.3) is 11.5 Å². The summed E-state index contributed by atoms with van der Waals surface area (Å²) in [4.78, 5) is 44.8. The van der Waals surface area contributed by atoms with Gasteiger partial charge in [0.15, 0.2) is 5.78 Å². The van der Waals surface area contributed by atoms with Crippen LogP contribution in [0.5, 0.6) is 0 Å². The summed E-state index contributed by atoms with van der Waals surface area (Å²) in [7, 11) is 2.03. The second-order valence-corrected chi connectivity index (χ2v) is 7.37. The Labute approximate surface area is 157 Å². The zero-order valence-electron chi connectivity index (χ0n) is 15.4. The molecule has 1 aliphatic carbocycles. The molecule has 0 unspecified atom stereocenters. The van der Waals surface area contributed by atoms with Gasteiger partial charge in [-0.3, -0.25) is 14.4 Å². The van der Waals surface area contributed by atoms with E-state index >= 15 is 0 Å². The molecule has 1 saturated heterocycles. The number of carbonyl (C=O) groups is 2. The van der Waals surface area contributed by atoms with Gasteiger partial charge >= 0.3 is 0 Å². The van der Waals surface area contributed by atoms with E-state index in [4.69, 9.17) is 0 Å². The standard InChI is InChI=1S/C21H23N3O3/c1-23-10-11-24(18(13-23)14-6-3-2-4-7-14)21(27)16-12-15-17(22-20(16)26)8-5-9-19(15)25/h2-4,6-7,12,18H,5,8-11,13H2,1H3,(H,22,26)/t18-/m1/s1. The number of amides is 1. The van der Waals surface area contributed by atoms with Crippen LogP contribution in [0.3, 0.4) is 0 Å². The highest BCUT2D eigenvalue weighted by molar-refractivity contribution is 6.01. The number of carbonyl (C=O) groups excluding carboxylic acids is 2. The summed E-state index contributed by atoms with van der Waals surface area (Å²) in [5.41, 5.74) is 1.86. The number of nitrogens with one attached hydrogen (secondary N) is 1. The number of nitrogens with zero attached hydrogens (tertiary/aromatic N) is 2. The smallest absolute Gasteiger partial charge is 0.261 e. The first-order chi connectivity index (χ1) is 13.0. The molecule has 1 atom stereocenters. The van der Waals surface area contributed by atoms with Gasteiger partial charge in [0, 0.05) is 37.3 Å². The molecule has 1 aromatic carbocycles. The molecule has 1 aromatic heterocycles. The van der Waals surface area contributed by atoms with E-state index in [1.807, 2.05) is 37.4 Å². The number of benzene rings is 1. The molecular weight excluding hydrogens is 342 g/mol. The maximum absolute atomic E-state index is 13.3. The largest absolute Gasteiger partial charge is 0.329 e. The minimum Gasteiger partial charge on any atom is -0.329 e. The van der Waals surface area contributed by atoms with Crippen LogP contribution in [0, 0.1) is 0 Å². The van der Waals surface area contributed by atoms with Crippen LogP contribution in [0.15, 0.2) is 41.2 Å². The summed E-state index contributed by atoms with van der Waals surface area (Å²) in [6, 6.07) is 11.3. The van der Waals surface area contributed by atoms with Crippen LogP contribution >= 0.6 is 0 Å². The van der Waals surface area contributed by atoms with Gasteiger partial charge in [-0.05, 0) is 31.5 Å². The predicted molar refractivity (Wildman–Crippen MR) is 102 cm³/mol. The highest BCUT2D eigenvalue weighted by Gasteiger charge is 2.33. The van der Waals surface area contributed by atoms with E-state index in [1.165, 1.54) is 6.07 Å². The minimum absolute atomic E-state index is 0.000429. The number of Topliss-reactive ketones (excluding diaryl/α,β-unsaturated/α-hetero) is 1. The van der Waals surface area contributed by atoms with Crippen LogP contribution in [-0.4, -0.2) is 53.2 Å². The van der Waals surface area contributed by atoms with Crippen LogP contribution in [0.1, 0.15) is 50.9 Å². The number of hydrogen-bond donors (Lipinski definition) is 1. The Morgan fingerprint density at radius 1 is 1.11 bits per heavy atom. The first-order valence-corrected chi connectivity index (χ1v) is 9.38. The Kier molecular flexibility index (Phi) is 4.66. The van der Waals surface area contributed by atoms with E-state index in [0.29, 0.717) is 37.2 Å². The lowest BCUT2D eigenvalue weighted by Gasteiger charge is -2.40. The monoisotopic (exact) mass is 365 g/mol. The van der Waals surface area contributed by atoms with Gasteiger partial charge in [0.2, 0.25) is 0 Å². The number of aryl methyl sites for hydroxylation is 1. The van der Waals surface area contributed by atoms with E-state index in [2.05, 4.69) is 9.88 Å². The third-order valence-electron chi connectivity index (χ3n) is 5.51. The van der Waals surface area contributed by atoms with E-state index < -0.39 is 5.56 Å². The van der Waals surface area contributed by atoms with E-state index in [9.17, 15) is 14.4 Å². The zero-order valence-corrected chi connectivity index (χ0v) is 15.4. The number of likely N-dealkylation sites (N-methyl/N-ethyl adjacent to an activating group) is 1. The summed E-state index contributed by atoms with van der Waals surface area (Å²) in [6.07, 6.45) is 1.88. The number of piperazine rings is 1. The van der Waals surface area contributed by atoms with Crippen molar-refractivity contribution >= 4 is 11.7 Å². The van der Waals surface area contributed by atoms with Gasteiger partial charge in [-0.15, -0.1) is 0 Å².